The number of nitriles is 1. The fourth-order valence-electron chi connectivity index (χ4n) is 1.88. The number of hydrogen-bond acceptors (Lipinski definition) is 5. The molecule has 0 saturated heterocycles. The summed E-state index contributed by atoms with van der Waals surface area (Å²) in [5.74, 6) is 0.997. The Labute approximate surface area is 123 Å². The van der Waals surface area contributed by atoms with Crippen LogP contribution in [0, 0.1) is 11.3 Å². The van der Waals surface area contributed by atoms with Gasteiger partial charge in [0, 0.05) is 11.8 Å². The van der Waals surface area contributed by atoms with Gasteiger partial charge in [0.15, 0.2) is 0 Å². The lowest BCUT2D eigenvalue weighted by Crippen LogP contribution is -2.10. The number of anilines is 1. The van der Waals surface area contributed by atoms with E-state index in [2.05, 4.69) is 0 Å². The molecule has 0 spiro atoms. The van der Waals surface area contributed by atoms with E-state index in [1.165, 1.54) is 7.11 Å². The molecular weight excluding hydrogens is 268 g/mol. The summed E-state index contributed by atoms with van der Waals surface area (Å²) in [4.78, 5) is 0. The predicted octanol–water partition coefficient (Wildman–Crippen LogP) is 2.26. The molecule has 5 nitrogen and oxygen atoms in total. The monoisotopic (exact) mass is 284 g/mol. The normalized spacial score (nSPS) is 11.5. The maximum absolute atomic E-state index is 10.1. The van der Waals surface area contributed by atoms with E-state index in [0.717, 1.165) is 0 Å². The van der Waals surface area contributed by atoms with Crippen LogP contribution in [0.1, 0.15) is 17.2 Å². The zero-order valence-electron chi connectivity index (χ0n) is 11.6. The molecule has 21 heavy (non-hydrogen) atoms. The van der Waals surface area contributed by atoms with Gasteiger partial charge in [0.1, 0.15) is 24.2 Å². The van der Waals surface area contributed by atoms with E-state index < -0.39 is 6.10 Å². The summed E-state index contributed by atoms with van der Waals surface area (Å²) in [7, 11) is 1.52. The smallest absolute Gasteiger partial charge is 0.124 e. The average Bonchev–Trinajstić information content (AvgIpc) is 2.52. The Bertz CT molecular complexity index is 665. The van der Waals surface area contributed by atoms with Gasteiger partial charge < -0.3 is 20.3 Å². The molecule has 0 amide bonds. The molecule has 0 heterocycles. The van der Waals surface area contributed by atoms with Crippen molar-refractivity contribution < 1.29 is 14.6 Å². The highest BCUT2D eigenvalue weighted by Crippen LogP contribution is 2.24. The third-order valence-electron chi connectivity index (χ3n) is 2.95. The Morgan fingerprint density at radius 2 is 2.00 bits per heavy atom. The fourth-order valence-corrected chi connectivity index (χ4v) is 1.88. The van der Waals surface area contributed by atoms with E-state index in [1.807, 2.05) is 6.07 Å². The highest BCUT2D eigenvalue weighted by molar-refractivity contribution is 5.44. The number of nitrogens with zero attached hydrogens (tertiary/aromatic N) is 1. The van der Waals surface area contributed by atoms with Crippen molar-refractivity contribution in [3.8, 4) is 17.6 Å². The van der Waals surface area contributed by atoms with E-state index in [1.54, 1.807) is 42.5 Å². The largest absolute Gasteiger partial charge is 0.497 e. The molecule has 0 aromatic heterocycles. The summed E-state index contributed by atoms with van der Waals surface area (Å²) in [6.45, 7) is 0.0570. The minimum atomic E-state index is -0.801. The van der Waals surface area contributed by atoms with Gasteiger partial charge in [-0.1, -0.05) is 12.1 Å². The molecule has 0 aliphatic rings. The molecule has 0 aliphatic heterocycles. The molecule has 0 bridgehead atoms. The number of hydrogen-bond donors (Lipinski definition) is 2. The standard InChI is InChI=1S/C16H16N2O3/c1-20-14-5-11(9-17)6-15(8-14)21-10-16(19)12-3-2-4-13(18)7-12/h2-8,16,19H,10,18H2,1H3. The molecule has 3 N–H and O–H groups in total. The van der Waals surface area contributed by atoms with E-state index in [-0.39, 0.29) is 6.61 Å². The van der Waals surface area contributed by atoms with Crippen LogP contribution in [-0.4, -0.2) is 18.8 Å². The molecule has 1 atom stereocenters. The van der Waals surface area contributed by atoms with Crippen molar-refractivity contribution in [2.75, 3.05) is 19.5 Å². The highest BCUT2D eigenvalue weighted by Gasteiger charge is 2.10. The van der Waals surface area contributed by atoms with Crippen molar-refractivity contribution in [3.05, 3.63) is 53.6 Å². The third-order valence-corrected chi connectivity index (χ3v) is 2.95. The van der Waals surface area contributed by atoms with Gasteiger partial charge in [0.25, 0.3) is 0 Å². The zero-order chi connectivity index (χ0) is 15.2. The molecule has 5 heteroatoms. The first-order valence-corrected chi connectivity index (χ1v) is 6.38. The number of benzene rings is 2. The Morgan fingerprint density at radius 1 is 1.24 bits per heavy atom. The van der Waals surface area contributed by atoms with Gasteiger partial charge >= 0.3 is 0 Å². The van der Waals surface area contributed by atoms with Crippen LogP contribution < -0.4 is 15.2 Å². The quantitative estimate of drug-likeness (QED) is 0.822. The molecule has 0 fully saturated rings. The number of methoxy groups -OCH3 is 1. The van der Waals surface area contributed by atoms with E-state index >= 15 is 0 Å². The van der Waals surface area contributed by atoms with Crippen LogP contribution in [-0.2, 0) is 0 Å². The minimum absolute atomic E-state index is 0.0570. The molecule has 2 aromatic carbocycles. The Morgan fingerprint density at radius 3 is 2.67 bits per heavy atom. The topological polar surface area (TPSA) is 88.5 Å². The summed E-state index contributed by atoms with van der Waals surface area (Å²) in [5.41, 5.74) is 7.37. The Balaban J connectivity index is 2.07. The van der Waals surface area contributed by atoms with Gasteiger partial charge in [-0.05, 0) is 29.8 Å². The lowest BCUT2D eigenvalue weighted by molar-refractivity contribution is 0.108. The van der Waals surface area contributed by atoms with E-state index in [0.29, 0.717) is 28.3 Å². The summed E-state index contributed by atoms with van der Waals surface area (Å²) in [6, 6.07) is 13.9. The van der Waals surface area contributed by atoms with Crippen molar-refractivity contribution in [2.45, 2.75) is 6.10 Å². The second-order valence-electron chi connectivity index (χ2n) is 4.51. The fraction of sp³-hybridized carbons (Fsp3) is 0.188. The number of aliphatic hydroxyl groups is 1. The maximum atomic E-state index is 10.1. The van der Waals surface area contributed by atoms with Crippen LogP contribution in [0.25, 0.3) is 0 Å². The molecule has 0 radical (unpaired) electrons. The lowest BCUT2D eigenvalue weighted by Gasteiger charge is -2.14. The second-order valence-corrected chi connectivity index (χ2v) is 4.51. The van der Waals surface area contributed by atoms with E-state index in [4.69, 9.17) is 20.5 Å². The first-order chi connectivity index (χ1) is 10.1. The molecular formula is C16H16N2O3. The second kappa shape index (κ2) is 6.64. The number of ether oxygens (including phenoxy) is 2. The van der Waals surface area contributed by atoms with Gasteiger partial charge in [-0.15, -0.1) is 0 Å². The van der Waals surface area contributed by atoms with E-state index in [9.17, 15) is 5.11 Å². The van der Waals surface area contributed by atoms with Gasteiger partial charge in [0.2, 0.25) is 0 Å². The summed E-state index contributed by atoms with van der Waals surface area (Å²) in [5, 5.41) is 19.0. The summed E-state index contributed by atoms with van der Waals surface area (Å²) < 4.78 is 10.6. The average molecular weight is 284 g/mol. The Hall–Kier alpha value is -2.71. The molecule has 108 valence electrons. The SMILES string of the molecule is COc1cc(C#N)cc(OCC(O)c2cccc(N)c2)c1. The molecule has 1 unspecified atom stereocenters. The first-order valence-electron chi connectivity index (χ1n) is 6.38. The van der Waals surface area contributed by atoms with Gasteiger partial charge in [-0.2, -0.15) is 5.26 Å². The number of rotatable bonds is 5. The van der Waals surface area contributed by atoms with Crippen molar-refractivity contribution in [2.24, 2.45) is 0 Å². The first kappa shape index (κ1) is 14.7. The predicted molar refractivity (Wildman–Crippen MR) is 79.0 cm³/mol. The zero-order valence-corrected chi connectivity index (χ0v) is 11.6. The number of aliphatic hydroxyl groups excluding tert-OH is 1. The van der Waals surface area contributed by atoms with Gasteiger partial charge in [-0.25, -0.2) is 0 Å². The van der Waals surface area contributed by atoms with Crippen LogP contribution in [0.3, 0.4) is 0 Å². The highest BCUT2D eigenvalue weighted by atomic mass is 16.5. The molecule has 2 aromatic rings. The summed E-state index contributed by atoms with van der Waals surface area (Å²) >= 11 is 0. The van der Waals surface area contributed by atoms with Crippen LogP contribution in [0.15, 0.2) is 42.5 Å². The van der Waals surface area contributed by atoms with Gasteiger partial charge in [-0.3, -0.25) is 0 Å². The number of nitrogen functional groups attached to an aromatic ring is 1. The van der Waals surface area contributed by atoms with Gasteiger partial charge in [0.05, 0.1) is 18.7 Å². The summed E-state index contributed by atoms with van der Waals surface area (Å²) in [6.07, 6.45) is -0.801. The third kappa shape index (κ3) is 3.88. The van der Waals surface area contributed by atoms with Crippen molar-refractivity contribution in [1.82, 2.24) is 0 Å². The van der Waals surface area contributed by atoms with Crippen molar-refractivity contribution >= 4 is 5.69 Å². The maximum Gasteiger partial charge on any atom is 0.124 e. The van der Waals surface area contributed by atoms with Crippen molar-refractivity contribution in [1.29, 1.82) is 5.26 Å². The molecule has 2 rings (SSSR count). The van der Waals surface area contributed by atoms with Crippen LogP contribution in [0.5, 0.6) is 11.5 Å². The number of nitrogens with two attached hydrogens (primary N) is 1. The minimum Gasteiger partial charge on any atom is -0.497 e. The van der Waals surface area contributed by atoms with Crippen molar-refractivity contribution in [3.63, 3.8) is 0 Å². The van der Waals surface area contributed by atoms with Crippen LogP contribution in [0.4, 0.5) is 5.69 Å². The van der Waals surface area contributed by atoms with Crippen LogP contribution in [0.2, 0.25) is 0 Å². The lowest BCUT2D eigenvalue weighted by atomic mass is 10.1. The molecule has 0 saturated carbocycles. The van der Waals surface area contributed by atoms with Crippen LogP contribution >= 0.6 is 0 Å². The molecule has 0 aliphatic carbocycles. The Kier molecular flexibility index (Phi) is 4.64.